The lowest BCUT2D eigenvalue weighted by molar-refractivity contribution is -0.137. The topological polar surface area (TPSA) is 37.3 Å². The van der Waals surface area contributed by atoms with Gasteiger partial charge in [0.25, 0.3) is 0 Å². The summed E-state index contributed by atoms with van der Waals surface area (Å²) in [6.07, 6.45) is 32.5. The monoisotopic (exact) mass is 404 g/mol. The van der Waals surface area contributed by atoms with Crippen LogP contribution < -0.4 is 0 Å². The summed E-state index contributed by atoms with van der Waals surface area (Å²) in [5.74, 6) is 0.216. The smallest absolute Gasteiger partial charge is 0.303 e. The summed E-state index contributed by atoms with van der Waals surface area (Å²) in [6, 6.07) is 0. The van der Waals surface area contributed by atoms with E-state index in [-0.39, 0.29) is 6.42 Å². The van der Waals surface area contributed by atoms with Crippen LogP contribution in [0.3, 0.4) is 0 Å². The van der Waals surface area contributed by atoms with Crippen molar-refractivity contribution in [3.63, 3.8) is 0 Å². The molecule has 0 radical (unpaired) electrons. The van der Waals surface area contributed by atoms with E-state index in [1.807, 2.05) is 0 Å². The van der Waals surface area contributed by atoms with Crippen molar-refractivity contribution in [1.29, 1.82) is 0 Å². The molecule has 1 saturated carbocycles. The molecule has 168 valence electrons. The van der Waals surface area contributed by atoms with Crippen LogP contribution in [0.15, 0.2) is 23.8 Å². The standard InChI is InChI=1S/C27H48O2/c1-2-3-4-5-6-7-8-9-10-11-12-15-18-21-25-24-26(25)22-19-16-13-14-17-20-23-27(28)29/h13-14,22,25H,2-12,15-21,23-24H2,1H3,(H,28,29)/b14-13-,26-22?/t25-/m1/s1. The maximum absolute atomic E-state index is 10.4. The van der Waals surface area contributed by atoms with Crippen LogP contribution in [-0.4, -0.2) is 11.1 Å². The molecule has 0 aromatic heterocycles. The van der Waals surface area contributed by atoms with Crippen molar-refractivity contribution in [1.82, 2.24) is 0 Å². The second-order valence-electron chi connectivity index (χ2n) is 9.05. The van der Waals surface area contributed by atoms with Gasteiger partial charge in [-0.2, -0.15) is 0 Å². The van der Waals surface area contributed by atoms with Gasteiger partial charge in [-0.05, 0) is 44.4 Å². The van der Waals surface area contributed by atoms with Crippen molar-refractivity contribution in [2.24, 2.45) is 5.92 Å². The highest BCUT2D eigenvalue weighted by molar-refractivity contribution is 5.66. The summed E-state index contributed by atoms with van der Waals surface area (Å²) in [6.45, 7) is 2.29. The van der Waals surface area contributed by atoms with Crippen LogP contribution in [-0.2, 0) is 4.79 Å². The number of hydrogen-bond acceptors (Lipinski definition) is 1. The third-order valence-electron chi connectivity index (χ3n) is 6.17. The lowest BCUT2D eigenvalue weighted by Crippen LogP contribution is -1.92. The molecule has 0 aromatic carbocycles. The molecule has 1 rings (SSSR count). The Labute approximate surface area is 181 Å². The molecule has 0 saturated heterocycles. The van der Waals surface area contributed by atoms with Crippen molar-refractivity contribution in [3.05, 3.63) is 23.8 Å². The van der Waals surface area contributed by atoms with E-state index in [4.69, 9.17) is 5.11 Å². The zero-order chi connectivity index (χ0) is 21.0. The number of carboxylic acids is 1. The maximum atomic E-state index is 10.4. The fraction of sp³-hybridized carbons (Fsp3) is 0.815. The van der Waals surface area contributed by atoms with Crippen molar-refractivity contribution >= 4 is 5.97 Å². The summed E-state index contributed by atoms with van der Waals surface area (Å²) in [4.78, 5) is 10.4. The molecular weight excluding hydrogens is 356 g/mol. The largest absolute Gasteiger partial charge is 0.481 e. The number of allylic oxidation sites excluding steroid dienone is 4. The minimum Gasteiger partial charge on any atom is -0.481 e. The van der Waals surface area contributed by atoms with Gasteiger partial charge in [0.1, 0.15) is 0 Å². The summed E-state index contributed by atoms with van der Waals surface area (Å²) < 4.78 is 0. The number of carboxylic acid groups (broad SMARTS) is 1. The van der Waals surface area contributed by atoms with E-state index < -0.39 is 5.97 Å². The quantitative estimate of drug-likeness (QED) is 0.153. The third-order valence-corrected chi connectivity index (χ3v) is 6.17. The summed E-state index contributed by atoms with van der Waals surface area (Å²) in [5, 5.41) is 8.59. The number of unbranched alkanes of at least 4 members (excludes halogenated alkanes) is 14. The van der Waals surface area contributed by atoms with Gasteiger partial charge < -0.3 is 5.11 Å². The molecular formula is C27H48O2. The minimum absolute atomic E-state index is 0.287. The number of rotatable bonds is 21. The first-order valence-corrected chi connectivity index (χ1v) is 12.8. The molecule has 0 aromatic rings. The molecule has 0 aliphatic heterocycles. The molecule has 29 heavy (non-hydrogen) atoms. The Morgan fingerprint density at radius 3 is 1.93 bits per heavy atom. The molecule has 0 amide bonds. The van der Waals surface area contributed by atoms with Gasteiger partial charge in [0.2, 0.25) is 0 Å². The van der Waals surface area contributed by atoms with Crippen LogP contribution in [0.25, 0.3) is 0 Å². The molecule has 0 bridgehead atoms. The molecule has 0 spiro atoms. The molecule has 0 heterocycles. The van der Waals surface area contributed by atoms with Gasteiger partial charge >= 0.3 is 5.97 Å². The molecule has 2 heteroatoms. The second-order valence-corrected chi connectivity index (χ2v) is 9.05. The Kier molecular flexibility index (Phi) is 17.0. The number of carbonyl (C=O) groups is 1. The average molecular weight is 405 g/mol. The predicted octanol–water partition coefficient (Wildman–Crippen LogP) is 9.01. The van der Waals surface area contributed by atoms with Gasteiger partial charge in [0, 0.05) is 6.42 Å². The van der Waals surface area contributed by atoms with E-state index in [1.165, 1.54) is 96.3 Å². The van der Waals surface area contributed by atoms with Crippen molar-refractivity contribution in [3.8, 4) is 0 Å². The molecule has 1 fully saturated rings. The van der Waals surface area contributed by atoms with Crippen molar-refractivity contribution < 1.29 is 9.90 Å². The SMILES string of the molecule is CCCCCCCCCCCCCCC[C@@H]1CC1=CCC/C=C\CCCC(=O)O. The Bertz CT molecular complexity index is 449. The van der Waals surface area contributed by atoms with E-state index in [2.05, 4.69) is 25.2 Å². The fourth-order valence-corrected chi connectivity index (χ4v) is 4.14. The first kappa shape index (κ1) is 26.0. The van der Waals surface area contributed by atoms with Gasteiger partial charge in [-0.15, -0.1) is 0 Å². The highest BCUT2D eigenvalue weighted by Gasteiger charge is 2.27. The van der Waals surface area contributed by atoms with Crippen LogP contribution in [0, 0.1) is 5.92 Å². The zero-order valence-electron chi connectivity index (χ0n) is 19.3. The first-order valence-electron chi connectivity index (χ1n) is 12.8. The van der Waals surface area contributed by atoms with Crippen LogP contribution in [0.2, 0.25) is 0 Å². The van der Waals surface area contributed by atoms with Gasteiger partial charge in [-0.1, -0.05) is 114 Å². The second kappa shape index (κ2) is 18.9. The highest BCUT2D eigenvalue weighted by Crippen LogP contribution is 2.42. The van der Waals surface area contributed by atoms with E-state index in [0.717, 1.165) is 31.6 Å². The van der Waals surface area contributed by atoms with E-state index >= 15 is 0 Å². The fourth-order valence-electron chi connectivity index (χ4n) is 4.14. The van der Waals surface area contributed by atoms with Crippen LogP contribution in [0.1, 0.15) is 135 Å². The Morgan fingerprint density at radius 2 is 1.34 bits per heavy atom. The average Bonchev–Trinajstić information content (AvgIpc) is 3.45. The Morgan fingerprint density at radius 1 is 0.793 bits per heavy atom. The zero-order valence-corrected chi connectivity index (χ0v) is 19.3. The number of aliphatic carboxylic acids is 1. The lowest BCUT2D eigenvalue weighted by Gasteiger charge is -2.03. The Hall–Kier alpha value is -1.05. The van der Waals surface area contributed by atoms with Gasteiger partial charge in [-0.3, -0.25) is 4.79 Å². The maximum Gasteiger partial charge on any atom is 0.303 e. The van der Waals surface area contributed by atoms with E-state index in [9.17, 15) is 4.79 Å². The number of hydrogen-bond donors (Lipinski definition) is 1. The van der Waals surface area contributed by atoms with Crippen molar-refractivity contribution in [2.75, 3.05) is 0 Å². The lowest BCUT2D eigenvalue weighted by atomic mass is 10.0. The predicted molar refractivity (Wildman–Crippen MR) is 126 cm³/mol. The summed E-state index contributed by atoms with van der Waals surface area (Å²) in [5.41, 5.74) is 1.70. The third kappa shape index (κ3) is 17.5. The molecule has 0 unspecified atom stereocenters. The normalized spacial score (nSPS) is 17.4. The van der Waals surface area contributed by atoms with Crippen LogP contribution >= 0.6 is 0 Å². The van der Waals surface area contributed by atoms with Gasteiger partial charge in [0.05, 0.1) is 0 Å². The highest BCUT2D eigenvalue weighted by atomic mass is 16.4. The van der Waals surface area contributed by atoms with E-state index in [1.54, 1.807) is 5.57 Å². The Balaban J connectivity index is 1.79. The van der Waals surface area contributed by atoms with Gasteiger partial charge in [0.15, 0.2) is 0 Å². The molecule has 2 nitrogen and oxygen atoms in total. The molecule has 1 N–H and O–H groups in total. The van der Waals surface area contributed by atoms with Gasteiger partial charge in [-0.25, -0.2) is 0 Å². The summed E-state index contributed by atoms with van der Waals surface area (Å²) in [7, 11) is 0. The van der Waals surface area contributed by atoms with E-state index in [0.29, 0.717) is 0 Å². The van der Waals surface area contributed by atoms with Crippen LogP contribution in [0.4, 0.5) is 0 Å². The van der Waals surface area contributed by atoms with Crippen LogP contribution in [0.5, 0.6) is 0 Å². The first-order chi connectivity index (χ1) is 14.2. The minimum atomic E-state index is -0.689. The van der Waals surface area contributed by atoms with Crippen molar-refractivity contribution in [2.45, 2.75) is 135 Å². The summed E-state index contributed by atoms with van der Waals surface area (Å²) >= 11 is 0. The molecule has 1 aliphatic carbocycles. The molecule has 1 aliphatic rings. The molecule has 1 atom stereocenters.